The van der Waals surface area contributed by atoms with Gasteiger partial charge in [0.15, 0.2) is 0 Å². The zero-order valence-electron chi connectivity index (χ0n) is 9.00. The lowest BCUT2D eigenvalue weighted by atomic mass is 10.1. The molecule has 4 heteroatoms. The third kappa shape index (κ3) is 1.57. The van der Waals surface area contributed by atoms with Gasteiger partial charge in [0.1, 0.15) is 5.84 Å². The van der Waals surface area contributed by atoms with Crippen molar-refractivity contribution in [3.63, 3.8) is 0 Å². The van der Waals surface area contributed by atoms with Gasteiger partial charge in [0.2, 0.25) is 0 Å². The minimum absolute atomic E-state index is 0.738. The van der Waals surface area contributed by atoms with Gasteiger partial charge in [0, 0.05) is 23.8 Å². The van der Waals surface area contributed by atoms with Crippen LogP contribution >= 0.6 is 11.6 Å². The van der Waals surface area contributed by atoms with Gasteiger partial charge in [-0.1, -0.05) is 17.7 Å². The number of hydrogen-bond donors (Lipinski definition) is 1. The van der Waals surface area contributed by atoms with E-state index in [2.05, 4.69) is 22.7 Å². The molecule has 0 fully saturated rings. The summed E-state index contributed by atoms with van der Waals surface area (Å²) in [5, 5.41) is 2.67. The van der Waals surface area contributed by atoms with Crippen LogP contribution in [0.4, 0.5) is 5.69 Å². The van der Waals surface area contributed by atoms with Crippen LogP contribution in [-0.4, -0.2) is 17.9 Å². The van der Waals surface area contributed by atoms with Crippen molar-refractivity contribution >= 4 is 23.1 Å². The van der Waals surface area contributed by atoms with Crippen LogP contribution in [0.1, 0.15) is 12.0 Å². The standard InChI is InChI=1S/C12H12ClN3/c1-16-7-9-3-2-8-4-5-10(13)6-11(8)14-12(9)15-16/h4-7H,2-3H2,1H3,(H,14,15). The minimum atomic E-state index is 0.738. The maximum absolute atomic E-state index is 5.99. The number of hydrogen-bond acceptors (Lipinski definition) is 3. The Kier molecular flexibility index (Phi) is 2.14. The Hall–Kier alpha value is -1.48. The van der Waals surface area contributed by atoms with Gasteiger partial charge in [-0.3, -0.25) is 10.4 Å². The highest BCUT2D eigenvalue weighted by Crippen LogP contribution is 2.30. The van der Waals surface area contributed by atoms with E-state index >= 15 is 0 Å². The fraction of sp³-hybridized carbons (Fsp3) is 0.250. The van der Waals surface area contributed by atoms with Gasteiger partial charge in [0.05, 0.1) is 5.69 Å². The quantitative estimate of drug-likeness (QED) is 0.746. The maximum atomic E-state index is 5.99. The van der Waals surface area contributed by atoms with Crippen LogP contribution in [-0.2, 0) is 6.42 Å². The van der Waals surface area contributed by atoms with Gasteiger partial charge < -0.3 is 0 Å². The third-order valence-electron chi connectivity index (χ3n) is 2.88. The predicted octanol–water partition coefficient (Wildman–Crippen LogP) is 2.65. The van der Waals surface area contributed by atoms with Crippen molar-refractivity contribution in [2.45, 2.75) is 12.8 Å². The smallest absolute Gasteiger partial charge is 0.150 e. The molecule has 0 saturated heterocycles. The van der Waals surface area contributed by atoms with E-state index in [0.29, 0.717) is 0 Å². The highest BCUT2D eigenvalue weighted by molar-refractivity contribution is 6.30. The number of aryl methyl sites for hydroxylation is 1. The van der Waals surface area contributed by atoms with Crippen molar-refractivity contribution in [2.24, 2.45) is 4.99 Å². The Labute approximate surface area is 99.4 Å². The van der Waals surface area contributed by atoms with Crippen molar-refractivity contribution < 1.29 is 0 Å². The van der Waals surface area contributed by atoms with Crippen LogP contribution < -0.4 is 5.43 Å². The number of benzene rings is 1. The van der Waals surface area contributed by atoms with E-state index in [9.17, 15) is 0 Å². The lowest BCUT2D eigenvalue weighted by Gasteiger charge is -2.09. The molecule has 82 valence electrons. The molecule has 0 radical (unpaired) electrons. The van der Waals surface area contributed by atoms with Crippen LogP contribution in [0.25, 0.3) is 0 Å². The zero-order valence-corrected chi connectivity index (χ0v) is 9.75. The van der Waals surface area contributed by atoms with Crippen LogP contribution in [0.2, 0.25) is 5.02 Å². The van der Waals surface area contributed by atoms with Gasteiger partial charge in [-0.25, -0.2) is 4.99 Å². The number of hydrazine groups is 1. The van der Waals surface area contributed by atoms with E-state index in [4.69, 9.17) is 11.6 Å². The van der Waals surface area contributed by atoms with Crippen molar-refractivity contribution in [1.82, 2.24) is 10.4 Å². The molecule has 16 heavy (non-hydrogen) atoms. The van der Waals surface area contributed by atoms with Crippen LogP contribution in [0, 0.1) is 0 Å². The first-order valence-electron chi connectivity index (χ1n) is 5.30. The van der Waals surface area contributed by atoms with Gasteiger partial charge in [-0.15, -0.1) is 0 Å². The SMILES string of the molecule is CN1C=C2CCc3ccc(Cl)cc3N=C2N1. The van der Waals surface area contributed by atoms with Crippen molar-refractivity contribution in [3.05, 3.63) is 40.6 Å². The van der Waals surface area contributed by atoms with Gasteiger partial charge in [-0.2, -0.15) is 0 Å². The Morgan fingerprint density at radius 2 is 2.25 bits per heavy atom. The molecule has 0 aromatic heterocycles. The molecule has 0 unspecified atom stereocenters. The Bertz CT molecular complexity index is 505. The molecule has 2 aliphatic rings. The largest absolute Gasteiger partial charge is 0.297 e. The van der Waals surface area contributed by atoms with E-state index in [1.54, 1.807) is 0 Å². The molecule has 1 aromatic rings. The number of nitrogens with zero attached hydrogens (tertiary/aromatic N) is 2. The first-order valence-corrected chi connectivity index (χ1v) is 5.68. The third-order valence-corrected chi connectivity index (χ3v) is 3.11. The summed E-state index contributed by atoms with van der Waals surface area (Å²) in [5.41, 5.74) is 6.70. The van der Waals surface area contributed by atoms with E-state index in [1.165, 1.54) is 11.1 Å². The van der Waals surface area contributed by atoms with Crippen LogP contribution in [0.15, 0.2) is 35.0 Å². The second-order valence-corrected chi connectivity index (χ2v) is 4.55. The van der Waals surface area contributed by atoms with Gasteiger partial charge >= 0.3 is 0 Å². The summed E-state index contributed by atoms with van der Waals surface area (Å²) in [7, 11) is 1.98. The molecule has 1 aromatic carbocycles. The summed E-state index contributed by atoms with van der Waals surface area (Å²) in [6, 6.07) is 5.91. The molecule has 0 spiro atoms. The highest BCUT2D eigenvalue weighted by atomic mass is 35.5. The summed E-state index contributed by atoms with van der Waals surface area (Å²) < 4.78 is 0. The summed E-state index contributed by atoms with van der Waals surface area (Å²) >= 11 is 5.99. The van der Waals surface area contributed by atoms with E-state index < -0.39 is 0 Å². The molecule has 0 atom stereocenters. The highest BCUT2D eigenvalue weighted by Gasteiger charge is 2.20. The topological polar surface area (TPSA) is 27.6 Å². The molecule has 3 nitrogen and oxygen atoms in total. The number of amidine groups is 1. The molecule has 0 saturated carbocycles. The number of rotatable bonds is 0. The minimum Gasteiger partial charge on any atom is -0.297 e. The molecule has 0 aliphatic carbocycles. The molecular weight excluding hydrogens is 222 g/mol. The average molecular weight is 234 g/mol. The number of nitrogens with one attached hydrogen (secondary N) is 1. The van der Waals surface area contributed by atoms with E-state index in [-0.39, 0.29) is 0 Å². The lowest BCUT2D eigenvalue weighted by molar-refractivity contribution is 0.424. The van der Waals surface area contributed by atoms with Crippen molar-refractivity contribution in [1.29, 1.82) is 0 Å². The Morgan fingerprint density at radius 1 is 1.38 bits per heavy atom. The zero-order chi connectivity index (χ0) is 11.1. The van der Waals surface area contributed by atoms with Crippen molar-refractivity contribution in [2.75, 3.05) is 7.05 Å². The molecule has 0 bridgehead atoms. The van der Waals surface area contributed by atoms with Crippen LogP contribution in [0.5, 0.6) is 0 Å². The van der Waals surface area contributed by atoms with Crippen LogP contribution in [0.3, 0.4) is 0 Å². The Morgan fingerprint density at radius 3 is 3.12 bits per heavy atom. The Balaban J connectivity index is 2.09. The summed E-state index contributed by atoms with van der Waals surface area (Å²) in [6.07, 6.45) is 4.12. The number of aliphatic imine (C=N–C) groups is 1. The van der Waals surface area contributed by atoms with Crippen molar-refractivity contribution in [3.8, 4) is 0 Å². The second-order valence-electron chi connectivity index (χ2n) is 4.11. The van der Waals surface area contributed by atoms with E-state index in [0.717, 1.165) is 29.4 Å². The fourth-order valence-corrected chi connectivity index (χ4v) is 2.25. The van der Waals surface area contributed by atoms with Gasteiger partial charge in [-0.05, 0) is 30.5 Å². The second kappa shape index (κ2) is 3.52. The predicted molar refractivity (Wildman–Crippen MR) is 65.8 cm³/mol. The molecule has 2 heterocycles. The van der Waals surface area contributed by atoms with Gasteiger partial charge in [0.25, 0.3) is 0 Å². The van der Waals surface area contributed by atoms with E-state index in [1.807, 2.05) is 24.2 Å². The molecular formula is C12H12ClN3. The molecule has 0 amide bonds. The number of halogens is 1. The first-order chi connectivity index (χ1) is 7.72. The summed E-state index contributed by atoms with van der Waals surface area (Å²) in [5.74, 6) is 0.948. The lowest BCUT2D eigenvalue weighted by Crippen LogP contribution is -2.29. The fourth-order valence-electron chi connectivity index (χ4n) is 2.09. The normalized spacial score (nSPS) is 18.0. The molecule has 3 rings (SSSR count). The summed E-state index contributed by atoms with van der Waals surface area (Å²) in [6.45, 7) is 0. The molecule has 2 aliphatic heterocycles. The molecule has 1 N–H and O–H groups in total. The average Bonchev–Trinajstić information content (AvgIpc) is 2.49. The first kappa shape index (κ1) is 9.73. The number of fused-ring (bicyclic) bond motifs is 2. The monoisotopic (exact) mass is 233 g/mol. The summed E-state index contributed by atoms with van der Waals surface area (Å²) in [4.78, 5) is 4.62. The maximum Gasteiger partial charge on any atom is 0.150 e.